The summed E-state index contributed by atoms with van der Waals surface area (Å²) >= 11 is 0.257. The van der Waals surface area contributed by atoms with Crippen LogP contribution >= 0.6 is 12.0 Å². The quantitative estimate of drug-likeness (QED) is 0.0231. The number of fused-ring (bicyclic) bond motifs is 1. The fraction of sp³-hybridized carbons (Fsp3) is 0. The van der Waals surface area contributed by atoms with E-state index in [1.807, 2.05) is 0 Å². The summed E-state index contributed by atoms with van der Waals surface area (Å²) in [6.45, 7) is 0. The van der Waals surface area contributed by atoms with Crippen LogP contribution in [-0.4, -0.2) is 46.3 Å². The van der Waals surface area contributed by atoms with Crippen molar-refractivity contribution >= 4 is 77.2 Å². The standard InChI is InChI=1S/C22H16N6O13S3/c23-11-2-6-17(43(34,35)36)15(8-11)26-25-14-4-1-10-7-18(44(37,38)39)20(22(30)19(10)21(14)29)27-24-13-5-3-12(28(31)32)9-16(13)42-41-40-33/h1-9,29-30,33H,23H2,(H,34,35,36)(H,37,38,39)/b26-25+,27-24+. The van der Waals surface area contributed by atoms with Gasteiger partial charge in [0.05, 0.1) is 27.2 Å². The van der Waals surface area contributed by atoms with Crippen LogP contribution in [0.1, 0.15) is 0 Å². The van der Waals surface area contributed by atoms with Gasteiger partial charge in [-0.3, -0.25) is 19.2 Å². The number of hydrogen-bond acceptors (Lipinski definition) is 17. The van der Waals surface area contributed by atoms with Crippen LogP contribution in [-0.2, 0) is 29.6 Å². The van der Waals surface area contributed by atoms with Gasteiger partial charge in [0.2, 0.25) is 0 Å². The second-order valence-electron chi connectivity index (χ2n) is 8.32. The van der Waals surface area contributed by atoms with Crippen LogP contribution in [0.25, 0.3) is 10.8 Å². The monoisotopic (exact) mass is 668 g/mol. The van der Waals surface area contributed by atoms with Gasteiger partial charge < -0.3 is 15.9 Å². The highest BCUT2D eigenvalue weighted by Crippen LogP contribution is 2.48. The predicted molar refractivity (Wildman–Crippen MR) is 150 cm³/mol. The lowest BCUT2D eigenvalue weighted by molar-refractivity contribution is -0.432. The van der Waals surface area contributed by atoms with Crippen molar-refractivity contribution in [1.29, 1.82) is 0 Å². The lowest BCUT2D eigenvalue weighted by atomic mass is 10.1. The van der Waals surface area contributed by atoms with Crippen molar-refractivity contribution in [1.82, 2.24) is 0 Å². The first-order valence-electron chi connectivity index (χ1n) is 11.2. The van der Waals surface area contributed by atoms with Gasteiger partial charge in [-0.2, -0.15) is 16.8 Å². The number of azo groups is 2. The molecule has 0 aliphatic carbocycles. The summed E-state index contributed by atoms with van der Waals surface area (Å²) in [6, 6.07) is 9.33. The van der Waals surface area contributed by atoms with Crippen LogP contribution in [0.4, 0.5) is 34.1 Å². The number of nitrogen functional groups attached to an aromatic ring is 1. The molecule has 0 saturated heterocycles. The van der Waals surface area contributed by atoms with E-state index >= 15 is 0 Å². The maximum atomic E-state index is 12.2. The first-order chi connectivity index (χ1) is 20.6. The molecule has 230 valence electrons. The zero-order valence-electron chi connectivity index (χ0n) is 21.2. The molecule has 0 saturated carbocycles. The summed E-state index contributed by atoms with van der Waals surface area (Å²) in [5.41, 5.74) is 3.38. The molecule has 0 spiro atoms. The molecule has 0 amide bonds. The zero-order valence-corrected chi connectivity index (χ0v) is 23.7. The fourth-order valence-corrected chi connectivity index (χ4v) is 5.37. The maximum Gasteiger partial charge on any atom is 0.296 e. The molecule has 4 aromatic rings. The molecule has 0 aliphatic heterocycles. The topological polar surface area (TPSA) is 306 Å². The van der Waals surface area contributed by atoms with E-state index < -0.39 is 68.9 Å². The molecule has 19 nitrogen and oxygen atoms in total. The number of nitro benzene ring substituents is 1. The van der Waals surface area contributed by atoms with Crippen molar-refractivity contribution in [2.75, 3.05) is 5.73 Å². The number of anilines is 1. The first-order valence-corrected chi connectivity index (χ1v) is 14.9. The Bertz CT molecular complexity index is 2090. The Morgan fingerprint density at radius 3 is 2.07 bits per heavy atom. The lowest BCUT2D eigenvalue weighted by Crippen LogP contribution is -1.99. The summed E-state index contributed by atoms with van der Waals surface area (Å²) in [5, 5.41) is 59.2. The molecule has 7 N–H and O–H groups in total. The van der Waals surface area contributed by atoms with E-state index in [2.05, 4.69) is 29.8 Å². The van der Waals surface area contributed by atoms with E-state index in [1.165, 1.54) is 12.1 Å². The average Bonchev–Trinajstić information content (AvgIpc) is 2.94. The number of nitro groups is 1. The molecule has 0 heterocycles. The third-order valence-corrected chi connectivity index (χ3v) is 7.94. The predicted octanol–water partition coefficient (Wildman–Crippen LogP) is 5.49. The average molecular weight is 669 g/mol. The minimum atomic E-state index is -5.09. The van der Waals surface area contributed by atoms with E-state index in [-0.39, 0.29) is 39.4 Å². The number of phenolic OH excluding ortho intramolecular Hbond substituents is 2. The highest BCUT2D eigenvalue weighted by atomic mass is 32.2. The van der Waals surface area contributed by atoms with Gasteiger partial charge in [-0.25, -0.2) is 5.26 Å². The smallest absolute Gasteiger partial charge is 0.296 e. The van der Waals surface area contributed by atoms with Crippen LogP contribution in [0.5, 0.6) is 11.5 Å². The highest BCUT2D eigenvalue weighted by molar-refractivity contribution is 7.94. The van der Waals surface area contributed by atoms with Gasteiger partial charge in [0, 0.05) is 17.8 Å². The maximum absolute atomic E-state index is 12.2. The SMILES string of the molecule is Nc1ccc(S(=O)(=O)O)c(/N=N/c2ccc3cc(S(=O)(=O)O)c(/N=N/c4ccc([N+](=O)[O-])cc4SOOO)c(O)c3c2O)c1. The van der Waals surface area contributed by atoms with E-state index in [0.717, 1.165) is 42.5 Å². The minimum absolute atomic E-state index is 0.0597. The molecular weight excluding hydrogens is 652 g/mol. The second-order valence-corrected chi connectivity index (χ2v) is 11.8. The van der Waals surface area contributed by atoms with E-state index in [9.17, 15) is 46.3 Å². The molecule has 0 atom stereocenters. The third-order valence-electron chi connectivity index (χ3n) is 5.54. The van der Waals surface area contributed by atoms with Gasteiger partial charge >= 0.3 is 0 Å². The highest BCUT2D eigenvalue weighted by Gasteiger charge is 2.25. The molecule has 0 fully saturated rings. The molecule has 4 rings (SSSR count). The number of non-ortho nitro benzene ring substituents is 1. The lowest BCUT2D eigenvalue weighted by Gasteiger charge is -2.11. The van der Waals surface area contributed by atoms with Crippen molar-refractivity contribution < 1.29 is 55.7 Å². The molecule has 22 heteroatoms. The molecule has 4 aromatic carbocycles. The van der Waals surface area contributed by atoms with Gasteiger partial charge in [0.25, 0.3) is 25.9 Å². The van der Waals surface area contributed by atoms with Gasteiger partial charge in [-0.05, 0) is 41.8 Å². The molecule has 0 unspecified atom stereocenters. The third kappa shape index (κ3) is 6.87. The van der Waals surface area contributed by atoms with E-state index in [4.69, 9.17) is 11.0 Å². The molecule has 0 aromatic heterocycles. The Kier molecular flexibility index (Phi) is 9.07. The summed E-state index contributed by atoms with van der Waals surface area (Å²) < 4.78 is 71.2. The Morgan fingerprint density at radius 2 is 1.43 bits per heavy atom. The number of hydrogen-bond donors (Lipinski definition) is 6. The fourth-order valence-electron chi connectivity index (χ4n) is 3.64. The van der Waals surface area contributed by atoms with Crippen molar-refractivity contribution in [2.24, 2.45) is 20.5 Å². The van der Waals surface area contributed by atoms with Crippen LogP contribution in [0.15, 0.2) is 89.7 Å². The van der Waals surface area contributed by atoms with Crippen molar-refractivity contribution in [3.8, 4) is 11.5 Å². The number of aromatic hydroxyl groups is 2. The number of benzene rings is 4. The van der Waals surface area contributed by atoms with Crippen LogP contribution in [0, 0.1) is 10.1 Å². The minimum Gasteiger partial charge on any atom is -0.505 e. The number of phenols is 2. The zero-order chi connectivity index (χ0) is 32.4. The Balaban J connectivity index is 1.89. The van der Waals surface area contributed by atoms with Crippen LogP contribution < -0.4 is 5.73 Å². The molecule has 44 heavy (non-hydrogen) atoms. The number of nitrogens with zero attached hydrogens (tertiary/aromatic N) is 5. The molecule has 0 radical (unpaired) electrons. The van der Waals surface area contributed by atoms with Crippen LogP contribution in [0.3, 0.4) is 0 Å². The van der Waals surface area contributed by atoms with Gasteiger partial charge in [0.15, 0.2) is 11.5 Å². The van der Waals surface area contributed by atoms with Gasteiger partial charge in [0.1, 0.15) is 32.5 Å². The molecule has 0 bridgehead atoms. The number of rotatable bonds is 10. The van der Waals surface area contributed by atoms with Crippen molar-refractivity contribution in [3.63, 3.8) is 0 Å². The molecule has 0 aliphatic rings. The Morgan fingerprint density at radius 1 is 0.795 bits per heavy atom. The van der Waals surface area contributed by atoms with Crippen molar-refractivity contribution in [3.05, 3.63) is 64.7 Å². The summed E-state index contributed by atoms with van der Waals surface area (Å²) in [5.74, 6) is -1.83. The number of nitrogens with two attached hydrogens (primary N) is 1. The van der Waals surface area contributed by atoms with Crippen LogP contribution in [0.2, 0.25) is 0 Å². The summed E-state index contributed by atoms with van der Waals surface area (Å²) in [4.78, 5) is 8.58. The van der Waals surface area contributed by atoms with Gasteiger partial charge in [-0.15, -0.1) is 24.8 Å². The normalized spacial score (nSPS) is 12.4. The Hall–Kier alpha value is -4.81. The molecular formula is C22H16N6O13S3. The van der Waals surface area contributed by atoms with E-state index in [1.54, 1.807) is 0 Å². The Labute approximate surface area is 249 Å². The second kappa shape index (κ2) is 12.4. The summed E-state index contributed by atoms with van der Waals surface area (Å²) in [7, 11) is -9.84. The first kappa shape index (κ1) is 32.1. The largest absolute Gasteiger partial charge is 0.505 e. The summed E-state index contributed by atoms with van der Waals surface area (Å²) in [6.07, 6.45) is 0. The van der Waals surface area contributed by atoms with Gasteiger partial charge in [-0.1, -0.05) is 11.1 Å². The van der Waals surface area contributed by atoms with Crippen molar-refractivity contribution in [2.45, 2.75) is 14.7 Å². The van der Waals surface area contributed by atoms with E-state index in [0.29, 0.717) is 0 Å².